The van der Waals surface area contributed by atoms with Gasteiger partial charge in [-0.05, 0) is 18.1 Å². The molecule has 1 fully saturated rings. The van der Waals surface area contributed by atoms with Crippen molar-refractivity contribution in [1.82, 2.24) is 5.32 Å². The average molecular weight is 233 g/mol. The molecule has 1 aromatic rings. The molecule has 0 saturated carbocycles. The Balaban J connectivity index is 2.37. The largest absolute Gasteiger partial charge is 0.478 e. The number of amides is 2. The minimum Gasteiger partial charge on any atom is -0.478 e. The summed E-state index contributed by atoms with van der Waals surface area (Å²) in [6, 6.07) is 6.37. The number of carboxylic acid groups (broad SMARTS) is 1. The van der Waals surface area contributed by atoms with E-state index in [1.807, 2.05) is 0 Å². The predicted octanol–water partition coefficient (Wildman–Crippen LogP) is 0.905. The van der Waals surface area contributed by atoms with Gasteiger partial charge >= 0.3 is 5.97 Å². The van der Waals surface area contributed by atoms with Gasteiger partial charge in [0, 0.05) is 6.42 Å². The molecule has 0 bridgehead atoms. The van der Waals surface area contributed by atoms with E-state index in [-0.39, 0.29) is 17.9 Å². The SMILES string of the molecule is O=C1CCC(c2ccccc2C(=O)O)C(=O)N1. The van der Waals surface area contributed by atoms with Crippen LogP contribution in [0.25, 0.3) is 0 Å². The molecule has 2 N–H and O–H groups in total. The first-order chi connectivity index (χ1) is 8.09. The Hall–Kier alpha value is -2.17. The van der Waals surface area contributed by atoms with E-state index < -0.39 is 17.8 Å². The van der Waals surface area contributed by atoms with Gasteiger partial charge < -0.3 is 5.11 Å². The number of carbonyl (C=O) groups is 3. The lowest BCUT2D eigenvalue weighted by atomic mass is 9.87. The fraction of sp³-hybridized carbons (Fsp3) is 0.250. The van der Waals surface area contributed by atoms with Crippen LogP contribution in [-0.4, -0.2) is 22.9 Å². The van der Waals surface area contributed by atoms with Gasteiger partial charge in [0.25, 0.3) is 0 Å². The second kappa shape index (κ2) is 4.37. The van der Waals surface area contributed by atoms with Gasteiger partial charge in [0.2, 0.25) is 11.8 Å². The number of aromatic carboxylic acids is 1. The molecule has 1 aliphatic rings. The van der Waals surface area contributed by atoms with Crippen LogP contribution < -0.4 is 5.32 Å². The standard InChI is InChI=1S/C12H11NO4/c14-10-6-5-8(11(15)13-10)7-3-1-2-4-9(7)12(16)17/h1-4,8H,5-6H2,(H,16,17)(H,13,14,15). The quantitative estimate of drug-likeness (QED) is 0.743. The number of benzene rings is 1. The van der Waals surface area contributed by atoms with Crippen LogP contribution in [0.2, 0.25) is 0 Å². The first-order valence-electron chi connectivity index (χ1n) is 5.25. The van der Waals surface area contributed by atoms with Crippen molar-refractivity contribution in [3.05, 3.63) is 35.4 Å². The fourth-order valence-corrected chi connectivity index (χ4v) is 1.99. The van der Waals surface area contributed by atoms with Crippen molar-refractivity contribution < 1.29 is 19.5 Å². The van der Waals surface area contributed by atoms with Crippen molar-refractivity contribution in [2.75, 3.05) is 0 Å². The summed E-state index contributed by atoms with van der Waals surface area (Å²) in [5.41, 5.74) is 0.576. The summed E-state index contributed by atoms with van der Waals surface area (Å²) in [5, 5.41) is 11.3. The molecule has 2 amide bonds. The Labute approximate surface area is 97.4 Å². The van der Waals surface area contributed by atoms with E-state index in [1.165, 1.54) is 6.07 Å². The highest BCUT2D eigenvalue weighted by Gasteiger charge is 2.30. The molecule has 2 rings (SSSR count). The van der Waals surface area contributed by atoms with Crippen molar-refractivity contribution in [3.63, 3.8) is 0 Å². The average Bonchev–Trinajstić information content (AvgIpc) is 2.29. The highest BCUT2D eigenvalue weighted by atomic mass is 16.4. The highest BCUT2D eigenvalue weighted by Crippen LogP contribution is 2.27. The Morgan fingerprint density at radius 2 is 2.00 bits per heavy atom. The van der Waals surface area contributed by atoms with Crippen LogP contribution in [0.15, 0.2) is 24.3 Å². The summed E-state index contributed by atoms with van der Waals surface area (Å²) >= 11 is 0. The molecule has 1 atom stereocenters. The minimum atomic E-state index is -1.06. The molecular formula is C12H11NO4. The molecular weight excluding hydrogens is 222 g/mol. The van der Waals surface area contributed by atoms with E-state index in [4.69, 9.17) is 5.11 Å². The van der Waals surface area contributed by atoms with E-state index in [0.717, 1.165) is 0 Å². The van der Waals surface area contributed by atoms with Gasteiger partial charge in [0.1, 0.15) is 0 Å². The Kier molecular flexibility index (Phi) is 2.91. The Morgan fingerprint density at radius 1 is 1.29 bits per heavy atom. The number of rotatable bonds is 2. The molecule has 0 aromatic heterocycles. The van der Waals surface area contributed by atoms with Crippen LogP contribution >= 0.6 is 0 Å². The van der Waals surface area contributed by atoms with E-state index in [1.54, 1.807) is 18.2 Å². The van der Waals surface area contributed by atoms with E-state index in [9.17, 15) is 14.4 Å². The lowest BCUT2D eigenvalue weighted by Gasteiger charge is -2.22. The molecule has 1 unspecified atom stereocenters. The zero-order chi connectivity index (χ0) is 12.4. The molecule has 17 heavy (non-hydrogen) atoms. The van der Waals surface area contributed by atoms with Gasteiger partial charge in [-0.25, -0.2) is 4.79 Å². The second-order valence-corrected chi connectivity index (χ2v) is 3.90. The summed E-state index contributed by atoms with van der Waals surface area (Å²) in [6.45, 7) is 0. The first kappa shape index (κ1) is 11.3. The molecule has 0 aliphatic carbocycles. The van der Waals surface area contributed by atoms with Crippen LogP contribution in [0.4, 0.5) is 0 Å². The van der Waals surface area contributed by atoms with Crippen molar-refractivity contribution >= 4 is 17.8 Å². The van der Waals surface area contributed by atoms with Gasteiger partial charge in [0.15, 0.2) is 0 Å². The molecule has 5 nitrogen and oxygen atoms in total. The maximum Gasteiger partial charge on any atom is 0.335 e. The second-order valence-electron chi connectivity index (χ2n) is 3.90. The van der Waals surface area contributed by atoms with Crippen LogP contribution in [0.5, 0.6) is 0 Å². The monoisotopic (exact) mass is 233 g/mol. The number of nitrogens with one attached hydrogen (secondary N) is 1. The van der Waals surface area contributed by atoms with Gasteiger partial charge in [-0.3, -0.25) is 14.9 Å². The van der Waals surface area contributed by atoms with Gasteiger partial charge in [-0.2, -0.15) is 0 Å². The third-order valence-electron chi connectivity index (χ3n) is 2.81. The smallest absolute Gasteiger partial charge is 0.335 e. The van der Waals surface area contributed by atoms with Gasteiger partial charge in [-0.15, -0.1) is 0 Å². The highest BCUT2D eigenvalue weighted by molar-refractivity contribution is 6.02. The summed E-state index contributed by atoms with van der Waals surface area (Å²) in [7, 11) is 0. The topological polar surface area (TPSA) is 83.5 Å². The van der Waals surface area contributed by atoms with E-state index >= 15 is 0 Å². The normalized spacial score (nSPS) is 19.9. The number of hydrogen-bond acceptors (Lipinski definition) is 3. The molecule has 1 aromatic carbocycles. The summed E-state index contributed by atoms with van der Waals surface area (Å²) < 4.78 is 0. The summed E-state index contributed by atoms with van der Waals surface area (Å²) in [6.07, 6.45) is 0.597. The summed E-state index contributed by atoms with van der Waals surface area (Å²) in [4.78, 5) is 33.7. The molecule has 0 spiro atoms. The maximum absolute atomic E-state index is 11.7. The van der Waals surface area contributed by atoms with Crippen LogP contribution in [-0.2, 0) is 9.59 Å². The van der Waals surface area contributed by atoms with E-state index in [2.05, 4.69) is 5.32 Å². The van der Waals surface area contributed by atoms with E-state index in [0.29, 0.717) is 12.0 Å². The number of hydrogen-bond donors (Lipinski definition) is 2. The molecule has 5 heteroatoms. The third kappa shape index (κ3) is 2.18. The number of carbonyl (C=O) groups excluding carboxylic acids is 2. The van der Waals surface area contributed by atoms with Crippen molar-refractivity contribution in [1.29, 1.82) is 0 Å². The Bertz CT molecular complexity index is 495. The van der Waals surface area contributed by atoms with Crippen LogP contribution in [0.1, 0.15) is 34.7 Å². The minimum absolute atomic E-state index is 0.113. The number of piperidine rings is 1. The maximum atomic E-state index is 11.7. The zero-order valence-corrected chi connectivity index (χ0v) is 8.97. The predicted molar refractivity (Wildman–Crippen MR) is 58.5 cm³/mol. The molecule has 1 saturated heterocycles. The molecule has 1 heterocycles. The summed E-state index contributed by atoms with van der Waals surface area (Å²) in [5.74, 6) is -2.35. The lowest BCUT2D eigenvalue weighted by Crippen LogP contribution is -2.39. The molecule has 0 radical (unpaired) electrons. The van der Waals surface area contributed by atoms with Crippen molar-refractivity contribution in [3.8, 4) is 0 Å². The molecule has 1 aliphatic heterocycles. The van der Waals surface area contributed by atoms with Crippen LogP contribution in [0.3, 0.4) is 0 Å². The van der Waals surface area contributed by atoms with Crippen LogP contribution in [0, 0.1) is 0 Å². The zero-order valence-electron chi connectivity index (χ0n) is 8.97. The fourth-order valence-electron chi connectivity index (χ4n) is 1.99. The number of carboxylic acids is 1. The number of imide groups is 1. The lowest BCUT2D eigenvalue weighted by molar-refractivity contribution is -0.134. The van der Waals surface area contributed by atoms with Gasteiger partial charge in [0.05, 0.1) is 11.5 Å². The first-order valence-corrected chi connectivity index (χ1v) is 5.25. The third-order valence-corrected chi connectivity index (χ3v) is 2.81. The Morgan fingerprint density at radius 3 is 2.65 bits per heavy atom. The van der Waals surface area contributed by atoms with Gasteiger partial charge in [-0.1, -0.05) is 18.2 Å². The molecule has 88 valence electrons. The van der Waals surface area contributed by atoms with Crippen molar-refractivity contribution in [2.45, 2.75) is 18.8 Å². The van der Waals surface area contributed by atoms with Crippen molar-refractivity contribution in [2.24, 2.45) is 0 Å².